The zero-order chi connectivity index (χ0) is 43.8. The third-order valence-corrected chi connectivity index (χ3v) is 13.0. The summed E-state index contributed by atoms with van der Waals surface area (Å²) in [6.07, 6.45) is 42.8. The van der Waals surface area contributed by atoms with E-state index in [1.54, 1.807) is 0 Å². The van der Waals surface area contributed by atoms with E-state index < -0.39 is 5.41 Å². The summed E-state index contributed by atoms with van der Waals surface area (Å²) in [6, 6.07) is 0. The molecule has 356 valence electrons. The molecule has 0 aromatic carbocycles. The number of ether oxygens (including phenoxy) is 4. The van der Waals surface area contributed by atoms with Gasteiger partial charge in [-0.2, -0.15) is 0 Å². The number of esters is 2. The van der Waals surface area contributed by atoms with Crippen molar-refractivity contribution < 1.29 is 28.5 Å². The Morgan fingerprint density at radius 3 is 1.08 bits per heavy atom. The minimum atomic E-state index is -0.408. The lowest BCUT2D eigenvalue weighted by Crippen LogP contribution is -2.43. The molecule has 0 amide bonds. The second-order valence-electron chi connectivity index (χ2n) is 19.4. The monoisotopic (exact) mass is 850 g/mol. The van der Waals surface area contributed by atoms with Crippen molar-refractivity contribution in [2.45, 2.75) is 290 Å². The Kier molecular flexibility index (Phi) is 38.4. The van der Waals surface area contributed by atoms with Gasteiger partial charge in [-0.25, -0.2) is 0 Å². The minimum Gasteiger partial charge on any atom is -0.462 e. The lowest BCUT2D eigenvalue weighted by molar-refractivity contribution is -0.236. The predicted octanol–water partition coefficient (Wildman–Crippen LogP) is 15.6. The summed E-state index contributed by atoms with van der Waals surface area (Å²) in [4.78, 5) is 29.4. The van der Waals surface area contributed by atoms with Crippen molar-refractivity contribution in [1.82, 2.24) is 4.90 Å². The number of rotatable bonds is 44. The molecule has 1 saturated heterocycles. The van der Waals surface area contributed by atoms with Gasteiger partial charge in [-0.3, -0.25) is 9.59 Å². The second-order valence-corrected chi connectivity index (χ2v) is 19.4. The number of hydrogen-bond donors (Lipinski definition) is 0. The van der Waals surface area contributed by atoms with E-state index in [1.165, 1.54) is 154 Å². The van der Waals surface area contributed by atoms with Crippen molar-refractivity contribution in [2.24, 2.45) is 5.41 Å². The van der Waals surface area contributed by atoms with Crippen LogP contribution in [0.3, 0.4) is 0 Å². The van der Waals surface area contributed by atoms with Gasteiger partial charge in [-0.15, -0.1) is 0 Å². The van der Waals surface area contributed by atoms with Crippen molar-refractivity contribution in [1.29, 1.82) is 0 Å². The quantitative estimate of drug-likeness (QED) is 0.0446. The van der Waals surface area contributed by atoms with Crippen molar-refractivity contribution in [3.8, 4) is 0 Å². The summed E-state index contributed by atoms with van der Waals surface area (Å²) in [6.45, 7) is 11.1. The highest BCUT2D eigenvalue weighted by Gasteiger charge is 2.38. The number of carbonyl (C=O) groups is 2. The van der Waals surface area contributed by atoms with Gasteiger partial charge in [0, 0.05) is 18.3 Å². The van der Waals surface area contributed by atoms with Crippen LogP contribution in [0.4, 0.5) is 0 Å². The molecule has 0 bridgehead atoms. The summed E-state index contributed by atoms with van der Waals surface area (Å²) < 4.78 is 25.3. The van der Waals surface area contributed by atoms with Crippen molar-refractivity contribution in [3.63, 3.8) is 0 Å². The molecular weight excluding hydrogens is 747 g/mol. The molecule has 1 aliphatic heterocycles. The topological polar surface area (TPSA) is 74.3 Å². The van der Waals surface area contributed by atoms with E-state index in [1.807, 2.05) is 0 Å². The smallest absolute Gasteiger partial charge is 0.306 e. The minimum absolute atomic E-state index is 0.000686. The van der Waals surface area contributed by atoms with Gasteiger partial charge in [0.1, 0.15) is 12.2 Å². The molecular formula is C53H103NO6. The normalized spacial score (nSPS) is 14.5. The lowest BCUT2D eigenvalue weighted by atomic mass is 9.79. The largest absolute Gasteiger partial charge is 0.462 e. The molecule has 1 rings (SSSR count). The molecule has 1 aliphatic rings. The molecule has 0 aliphatic carbocycles. The first-order chi connectivity index (χ1) is 29.3. The first-order valence-electron chi connectivity index (χ1n) is 26.5. The van der Waals surface area contributed by atoms with Crippen LogP contribution in [0.5, 0.6) is 0 Å². The molecule has 0 aromatic rings. The van der Waals surface area contributed by atoms with Gasteiger partial charge in [-0.1, -0.05) is 182 Å². The van der Waals surface area contributed by atoms with E-state index in [9.17, 15) is 9.59 Å². The van der Waals surface area contributed by atoms with Crippen LogP contribution in [-0.2, 0) is 28.5 Å². The van der Waals surface area contributed by atoms with Crippen LogP contribution in [0.15, 0.2) is 0 Å². The fourth-order valence-corrected chi connectivity index (χ4v) is 8.85. The first-order valence-corrected chi connectivity index (χ1v) is 26.5. The highest BCUT2D eigenvalue weighted by atomic mass is 16.7. The molecule has 0 unspecified atom stereocenters. The average molecular weight is 850 g/mol. The standard InChI is InChI=1S/C53H103NO6/c1-7-11-15-19-23-27-31-36-48(37-32-28-24-20-16-12-8-2)59-50(55)41-43-53(46-57-52(58-47-53)40-35-45-54(5)6)44-42-51(56)60-49(38-33-29-25-21-17-13-9-3)39-34-30-26-22-18-14-10-4/h48-49,52H,7-47H2,1-6H3. The zero-order valence-electron chi connectivity index (χ0n) is 41.1. The van der Waals surface area contributed by atoms with Crippen LogP contribution in [0.1, 0.15) is 272 Å². The number of carbonyl (C=O) groups excluding carboxylic acids is 2. The van der Waals surface area contributed by atoms with Crippen LogP contribution in [0, 0.1) is 5.41 Å². The van der Waals surface area contributed by atoms with Gasteiger partial charge in [0.05, 0.1) is 13.2 Å². The third kappa shape index (κ3) is 33.4. The van der Waals surface area contributed by atoms with E-state index >= 15 is 0 Å². The molecule has 0 radical (unpaired) electrons. The summed E-state index contributed by atoms with van der Waals surface area (Å²) in [5.74, 6) is -0.212. The highest BCUT2D eigenvalue weighted by Crippen LogP contribution is 2.36. The Morgan fingerprint density at radius 2 is 0.783 bits per heavy atom. The van der Waals surface area contributed by atoms with Gasteiger partial charge >= 0.3 is 11.9 Å². The van der Waals surface area contributed by atoms with Crippen molar-refractivity contribution >= 4 is 11.9 Å². The van der Waals surface area contributed by atoms with E-state index in [4.69, 9.17) is 18.9 Å². The van der Waals surface area contributed by atoms with Crippen molar-refractivity contribution in [3.05, 3.63) is 0 Å². The molecule has 1 fully saturated rings. The summed E-state index contributed by atoms with van der Waals surface area (Å²) >= 11 is 0. The Bertz CT molecular complexity index is 854. The van der Waals surface area contributed by atoms with Crippen LogP contribution < -0.4 is 0 Å². The number of unbranched alkanes of at least 4 members (excludes halogenated alkanes) is 24. The molecule has 7 nitrogen and oxygen atoms in total. The van der Waals surface area contributed by atoms with Gasteiger partial charge in [0.2, 0.25) is 0 Å². The second kappa shape index (κ2) is 40.6. The van der Waals surface area contributed by atoms with E-state index in [2.05, 4.69) is 46.7 Å². The Hall–Kier alpha value is -1.18. The molecule has 0 atom stereocenters. The summed E-state index contributed by atoms with van der Waals surface area (Å²) in [7, 11) is 4.18. The van der Waals surface area contributed by atoms with Crippen LogP contribution >= 0.6 is 0 Å². The van der Waals surface area contributed by atoms with Crippen LogP contribution in [-0.4, -0.2) is 69.2 Å². The van der Waals surface area contributed by atoms with E-state index in [0.717, 1.165) is 70.8 Å². The molecule has 1 heterocycles. The maximum atomic E-state index is 13.6. The Morgan fingerprint density at radius 1 is 0.483 bits per heavy atom. The SMILES string of the molecule is CCCCCCCCCC(CCCCCCCCC)OC(=O)CCC1(CCC(=O)OC(CCCCCCCCC)CCCCCCCCC)COC(CCCN(C)C)OC1. The predicted molar refractivity (Wildman–Crippen MR) is 255 cm³/mol. The highest BCUT2D eigenvalue weighted by molar-refractivity contribution is 5.70. The molecule has 0 aromatic heterocycles. The third-order valence-electron chi connectivity index (χ3n) is 13.0. The fraction of sp³-hybridized carbons (Fsp3) is 0.962. The maximum Gasteiger partial charge on any atom is 0.306 e. The van der Waals surface area contributed by atoms with Gasteiger partial charge in [0.15, 0.2) is 6.29 Å². The van der Waals surface area contributed by atoms with E-state index in [0.29, 0.717) is 38.9 Å². The summed E-state index contributed by atoms with van der Waals surface area (Å²) in [5.41, 5.74) is -0.408. The molecule has 0 N–H and O–H groups in total. The van der Waals surface area contributed by atoms with Gasteiger partial charge in [-0.05, 0) is 97.7 Å². The van der Waals surface area contributed by atoms with Crippen LogP contribution in [0.2, 0.25) is 0 Å². The van der Waals surface area contributed by atoms with E-state index in [-0.39, 0.29) is 30.4 Å². The molecule has 60 heavy (non-hydrogen) atoms. The van der Waals surface area contributed by atoms with Crippen LogP contribution in [0.25, 0.3) is 0 Å². The number of hydrogen-bond acceptors (Lipinski definition) is 7. The Labute approximate surface area is 373 Å². The van der Waals surface area contributed by atoms with Gasteiger partial charge < -0.3 is 23.8 Å². The molecule has 0 saturated carbocycles. The maximum absolute atomic E-state index is 13.6. The lowest BCUT2D eigenvalue weighted by Gasteiger charge is -2.40. The zero-order valence-corrected chi connectivity index (χ0v) is 41.1. The number of nitrogens with zero attached hydrogens (tertiary/aromatic N) is 1. The van der Waals surface area contributed by atoms with Crippen molar-refractivity contribution in [2.75, 3.05) is 33.9 Å². The molecule has 0 spiro atoms. The Balaban J connectivity index is 2.87. The first kappa shape index (κ1) is 56.8. The average Bonchev–Trinajstić information content (AvgIpc) is 3.24. The van der Waals surface area contributed by atoms with Gasteiger partial charge in [0.25, 0.3) is 0 Å². The summed E-state index contributed by atoms with van der Waals surface area (Å²) in [5, 5.41) is 0. The fourth-order valence-electron chi connectivity index (χ4n) is 8.85. The molecule has 7 heteroatoms.